The summed E-state index contributed by atoms with van der Waals surface area (Å²) in [6.45, 7) is 7.13. The van der Waals surface area contributed by atoms with Crippen molar-refractivity contribution in [1.29, 1.82) is 0 Å². The van der Waals surface area contributed by atoms with Crippen molar-refractivity contribution < 1.29 is 9.21 Å². The number of carbonyl (C=O) groups excluding carboxylic acids is 1. The van der Waals surface area contributed by atoms with Gasteiger partial charge >= 0.3 is 0 Å². The lowest BCUT2D eigenvalue weighted by Gasteiger charge is -2.39. The van der Waals surface area contributed by atoms with E-state index in [4.69, 9.17) is 4.42 Å². The number of nitrogens with zero attached hydrogens (tertiary/aromatic N) is 2. The molecule has 0 bridgehead atoms. The first-order chi connectivity index (χ1) is 13.0. The van der Waals surface area contributed by atoms with E-state index >= 15 is 0 Å². The third-order valence-electron chi connectivity index (χ3n) is 4.32. The summed E-state index contributed by atoms with van der Waals surface area (Å²) >= 11 is 2.00. The fourth-order valence-corrected chi connectivity index (χ4v) is 4.18. The van der Waals surface area contributed by atoms with Crippen molar-refractivity contribution in [2.45, 2.75) is 25.1 Å². The summed E-state index contributed by atoms with van der Waals surface area (Å²) in [6.07, 6.45) is 1.49. The summed E-state index contributed by atoms with van der Waals surface area (Å²) in [6, 6.07) is 11.1. The minimum atomic E-state index is -0.256. The number of carbonyl (C=O) groups is 1. The van der Waals surface area contributed by atoms with Crippen molar-refractivity contribution in [1.82, 2.24) is 10.2 Å². The molecule has 0 radical (unpaired) electrons. The molecule has 2 heterocycles. The molecule has 0 spiro atoms. The van der Waals surface area contributed by atoms with Crippen LogP contribution in [0.3, 0.4) is 0 Å². The molecule has 1 aliphatic heterocycles. The Hall–Kier alpha value is -1.68. The van der Waals surface area contributed by atoms with E-state index in [9.17, 15) is 4.79 Å². The van der Waals surface area contributed by atoms with Gasteiger partial charge in [-0.2, -0.15) is 11.8 Å². The van der Waals surface area contributed by atoms with Crippen LogP contribution in [0.25, 0.3) is 0 Å². The number of guanidine groups is 1. The number of nitrogens with one attached hydrogen (secondary N) is 2. The zero-order chi connectivity index (χ0) is 19.3. The molecule has 0 atom stereocenters. The second kappa shape index (κ2) is 10.2. The Kier molecular flexibility index (Phi) is 8.23. The highest BCUT2D eigenvalue weighted by molar-refractivity contribution is 14.0. The third kappa shape index (κ3) is 6.16. The lowest BCUT2D eigenvalue weighted by atomic mass is 10.2. The number of furan rings is 1. The third-order valence-corrected chi connectivity index (χ3v) is 5.61. The quantitative estimate of drug-likeness (QED) is 0.366. The summed E-state index contributed by atoms with van der Waals surface area (Å²) in [7, 11) is 1.82. The summed E-state index contributed by atoms with van der Waals surface area (Å²) in [5.41, 5.74) is 1.81. The lowest BCUT2D eigenvalue weighted by Crippen LogP contribution is -2.50. The lowest BCUT2D eigenvalue weighted by molar-refractivity contribution is 0.0996. The van der Waals surface area contributed by atoms with Gasteiger partial charge in [-0.15, -0.1) is 24.0 Å². The Morgan fingerprint density at radius 3 is 2.82 bits per heavy atom. The van der Waals surface area contributed by atoms with Crippen LogP contribution in [0.1, 0.15) is 30.0 Å². The molecule has 0 unspecified atom stereocenters. The summed E-state index contributed by atoms with van der Waals surface area (Å²) in [5, 5.41) is 6.29. The van der Waals surface area contributed by atoms with Crippen LogP contribution in [0.15, 0.2) is 52.1 Å². The highest BCUT2D eigenvalue weighted by atomic mass is 127. The molecule has 152 valence electrons. The van der Waals surface area contributed by atoms with Gasteiger partial charge in [0, 0.05) is 42.9 Å². The Morgan fingerprint density at radius 2 is 2.14 bits per heavy atom. The first kappa shape index (κ1) is 22.6. The van der Waals surface area contributed by atoms with Crippen LogP contribution in [0.5, 0.6) is 0 Å². The van der Waals surface area contributed by atoms with Gasteiger partial charge in [0.1, 0.15) is 0 Å². The molecular formula is C20H27IN4O2S. The number of rotatable bonds is 4. The average molecular weight is 514 g/mol. The Morgan fingerprint density at radius 1 is 1.32 bits per heavy atom. The summed E-state index contributed by atoms with van der Waals surface area (Å²) < 4.78 is 5.36. The molecule has 8 heteroatoms. The minimum Gasteiger partial charge on any atom is -0.459 e. The van der Waals surface area contributed by atoms with E-state index in [-0.39, 0.29) is 34.6 Å². The van der Waals surface area contributed by atoms with E-state index in [0.717, 1.165) is 36.1 Å². The van der Waals surface area contributed by atoms with Gasteiger partial charge < -0.3 is 20.0 Å². The summed E-state index contributed by atoms with van der Waals surface area (Å²) in [5.74, 6) is 2.05. The van der Waals surface area contributed by atoms with E-state index in [0.29, 0.717) is 12.3 Å². The van der Waals surface area contributed by atoms with Gasteiger partial charge in [-0.3, -0.25) is 9.79 Å². The van der Waals surface area contributed by atoms with E-state index in [2.05, 4.69) is 34.4 Å². The zero-order valence-corrected chi connectivity index (χ0v) is 19.5. The minimum absolute atomic E-state index is 0. The number of thioether (sulfide) groups is 1. The van der Waals surface area contributed by atoms with Crippen molar-refractivity contribution in [2.75, 3.05) is 31.2 Å². The highest BCUT2D eigenvalue weighted by Gasteiger charge is 2.28. The van der Waals surface area contributed by atoms with Gasteiger partial charge in [-0.25, -0.2) is 0 Å². The highest BCUT2D eigenvalue weighted by Crippen LogP contribution is 2.29. The molecule has 1 aliphatic rings. The largest absolute Gasteiger partial charge is 0.459 e. The van der Waals surface area contributed by atoms with Crippen LogP contribution >= 0.6 is 35.7 Å². The monoisotopic (exact) mass is 514 g/mol. The van der Waals surface area contributed by atoms with Gasteiger partial charge in [0.25, 0.3) is 5.91 Å². The second-order valence-corrected chi connectivity index (χ2v) is 8.86. The maximum absolute atomic E-state index is 12.1. The molecule has 1 amide bonds. The van der Waals surface area contributed by atoms with E-state index in [1.807, 2.05) is 43.1 Å². The molecule has 1 fully saturated rings. The molecule has 28 heavy (non-hydrogen) atoms. The molecule has 1 aromatic carbocycles. The van der Waals surface area contributed by atoms with Crippen LogP contribution in [0, 0.1) is 0 Å². The molecule has 0 aliphatic carbocycles. The Balaban J connectivity index is 0.00000280. The predicted molar refractivity (Wildman–Crippen MR) is 127 cm³/mol. The molecule has 3 rings (SSSR count). The van der Waals surface area contributed by atoms with Crippen LogP contribution in [-0.4, -0.2) is 47.4 Å². The molecule has 0 saturated carbocycles. The first-order valence-corrected chi connectivity index (χ1v) is 9.99. The van der Waals surface area contributed by atoms with Crippen LogP contribution in [0.2, 0.25) is 0 Å². The van der Waals surface area contributed by atoms with Crippen LogP contribution < -0.4 is 10.6 Å². The molecular weight excluding hydrogens is 487 g/mol. The van der Waals surface area contributed by atoms with Crippen LogP contribution in [0.4, 0.5) is 5.69 Å². The van der Waals surface area contributed by atoms with E-state index in [1.165, 1.54) is 6.26 Å². The molecule has 1 saturated heterocycles. The smallest absolute Gasteiger partial charge is 0.291 e. The second-order valence-electron chi connectivity index (χ2n) is 7.06. The fourth-order valence-electron chi connectivity index (χ4n) is 3.07. The number of amides is 1. The zero-order valence-electron chi connectivity index (χ0n) is 16.4. The van der Waals surface area contributed by atoms with E-state index < -0.39 is 0 Å². The standard InChI is InChI=1S/C20H26N4O2S.HI/c1-20(2)14-24(9-11-27-20)19(21-3)22-13-15-6-4-7-16(12-15)23-18(25)17-8-5-10-26-17;/h4-8,10,12H,9,11,13-14H2,1-3H3,(H,21,22)(H,23,25);1H. The van der Waals surface area contributed by atoms with Crippen molar-refractivity contribution in [2.24, 2.45) is 4.99 Å². The van der Waals surface area contributed by atoms with Crippen molar-refractivity contribution in [3.05, 3.63) is 54.0 Å². The SMILES string of the molecule is CN=C(NCc1cccc(NC(=O)c2ccco2)c1)N1CCSC(C)(C)C1.I. The number of benzene rings is 1. The van der Waals surface area contributed by atoms with Crippen molar-refractivity contribution in [3.63, 3.8) is 0 Å². The fraction of sp³-hybridized carbons (Fsp3) is 0.400. The van der Waals surface area contributed by atoms with Gasteiger partial charge in [0.15, 0.2) is 11.7 Å². The topological polar surface area (TPSA) is 69.9 Å². The van der Waals surface area contributed by atoms with Gasteiger partial charge in [0.2, 0.25) is 0 Å². The maximum Gasteiger partial charge on any atom is 0.291 e. The summed E-state index contributed by atoms with van der Waals surface area (Å²) in [4.78, 5) is 18.9. The predicted octanol–water partition coefficient (Wildman–Crippen LogP) is 4.05. The van der Waals surface area contributed by atoms with Crippen LogP contribution in [-0.2, 0) is 6.54 Å². The van der Waals surface area contributed by atoms with E-state index in [1.54, 1.807) is 12.1 Å². The van der Waals surface area contributed by atoms with Gasteiger partial charge in [0.05, 0.1) is 6.26 Å². The van der Waals surface area contributed by atoms with Gasteiger partial charge in [-0.05, 0) is 43.7 Å². The number of aliphatic imine (C=N–C) groups is 1. The first-order valence-electron chi connectivity index (χ1n) is 9.00. The number of halogens is 1. The molecule has 6 nitrogen and oxygen atoms in total. The number of hydrogen-bond donors (Lipinski definition) is 2. The number of anilines is 1. The molecule has 2 aromatic rings. The maximum atomic E-state index is 12.1. The average Bonchev–Trinajstić information content (AvgIpc) is 3.17. The molecule has 1 aromatic heterocycles. The molecule has 2 N–H and O–H groups in total. The number of hydrogen-bond acceptors (Lipinski definition) is 4. The Bertz CT molecular complexity index is 808. The van der Waals surface area contributed by atoms with Crippen molar-refractivity contribution in [3.8, 4) is 0 Å². The Labute approximate surface area is 187 Å². The van der Waals surface area contributed by atoms with Gasteiger partial charge in [-0.1, -0.05) is 12.1 Å². The van der Waals surface area contributed by atoms with Crippen molar-refractivity contribution >= 4 is 53.3 Å². The normalized spacial score (nSPS) is 16.2.